The number of benzene rings is 1. The van der Waals surface area contributed by atoms with Crippen LogP contribution in [0.25, 0.3) is 0 Å². The SMILES string of the molecule is CC1c2ccccc2C2CC(O)CC12. The van der Waals surface area contributed by atoms with E-state index in [1.807, 2.05) is 0 Å². The minimum absolute atomic E-state index is 0.0548. The number of aliphatic hydroxyl groups excluding tert-OH is 1. The van der Waals surface area contributed by atoms with Gasteiger partial charge in [-0.2, -0.15) is 0 Å². The van der Waals surface area contributed by atoms with Gasteiger partial charge in [0.25, 0.3) is 0 Å². The summed E-state index contributed by atoms with van der Waals surface area (Å²) in [4.78, 5) is 0. The molecule has 1 nitrogen and oxygen atoms in total. The van der Waals surface area contributed by atoms with Crippen molar-refractivity contribution in [2.24, 2.45) is 5.92 Å². The van der Waals surface area contributed by atoms with Crippen LogP contribution in [-0.4, -0.2) is 11.2 Å². The molecule has 1 fully saturated rings. The van der Waals surface area contributed by atoms with E-state index in [0.29, 0.717) is 17.8 Å². The number of hydrogen-bond acceptors (Lipinski definition) is 1. The third kappa shape index (κ3) is 0.992. The van der Waals surface area contributed by atoms with Gasteiger partial charge in [-0.05, 0) is 41.7 Å². The molecule has 1 aromatic rings. The van der Waals surface area contributed by atoms with Crippen molar-refractivity contribution in [3.63, 3.8) is 0 Å². The van der Waals surface area contributed by atoms with Gasteiger partial charge < -0.3 is 5.11 Å². The van der Waals surface area contributed by atoms with E-state index in [1.165, 1.54) is 11.1 Å². The molecule has 0 radical (unpaired) electrons. The molecule has 0 aliphatic heterocycles. The summed E-state index contributed by atoms with van der Waals surface area (Å²) >= 11 is 0. The van der Waals surface area contributed by atoms with Crippen LogP contribution in [-0.2, 0) is 0 Å². The Bertz CT molecular complexity index is 358. The Hall–Kier alpha value is -0.820. The molecule has 1 saturated carbocycles. The third-order valence-corrected chi connectivity index (χ3v) is 4.12. The molecule has 4 unspecified atom stereocenters. The molecule has 2 aliphatic carbocycles. The van der Waals surface area contributed by atoms with E-state index in [4.69, 9.17) is 0 Å². The van der Waals surface area contributed by atoms with E-state index in [2.05, 4.69) is 31.2 Å². The summed E-state index contributed by atoms with van der Waals surface area (Å²) < 4.78 is 0. The van der Waals surface area contributed by atoms with Crippen molar-refractivity contribution in [1.82, 2.24) is 0 Å². The maximum Gasteiger partial charge on any atom is 0.0549 e. The number of rotatable bonds is 0. The predicted octanol–water partition coefficient (Wildman–Crippen LogP) is 2.66. The highest BCUT2D eigenvalue weighted by Crippen LogP contribution is 2.54. The van der Waals surface area contributed by atoms with E-state index in [0.717, 1.165) is 12.8 Å². The molecule has 0 bridgehead atoms. The molecule has 3 rings (SSSR count). The first-order valence-corrected chi connectivity index (χ1v) is 5.54. The quantitative estimate of drug-likeness (QED) is 0.663. The molecular formula is C13H16O. The van der Waals surface area contributed by atoms with Gasteiger partial charge >= 0.3 is 0 Å². The zero-order chi connectivity index (χ0) is 9.71. The zero-order valence-corrected chi connectivity index (χ0v) is 8.48. The Morgan fingerprint density at radius 2 is 1.86 bits per heavy atom. The molecule has 14 heavy (non-hydrogen) atoms. The molecule has 74 valence electrons. The summed E-state index contributed by atoms with van der Waals surface area (Å²) in [7, 11) is 0. The molecule has 4 atom stereocenters. The summed E-state index contributed by atoms with van der Waals surface area (Å²) in [5.74, 6) is 1.98. The smallest absolute Gasteiger partial charge is 0.0549 e. The maximum atomic E-state index is 9.68. The predicted molar refractivity (Wildman–Crippen MR) is 56.3 cm³/mol. The molecule has 0 heterocycles. The summed E-state index contributed by atoms with van der Waals surface area (Å²) in [6, 6.07) is 8.75. The summed E-state index contributed by atoms with van der Waals surface area (Å²) in [6.07, 6.45) is 1.92. The van der Waals surface area contributed by atoms with Gasteiger partial charge in [0.1, 0.15) is 0 Å². The molecule has 0 saturated heterocycles. The lowest BCUT2D eigenvalue weighted by molar-refractivity contribution is 0.174. The van der Waals surface area contributed by atoms with Crippen LogP contribution in [0.3, 0.4) is 0 Å². The second-order valence-corrected chi connectivity index (χ2v) is 4.81. The Kier molecular flexibility index (Phi) is 1.72. The van der Waals surface area contributed by atoms with Gasteiger partial charge in [0.2, 0.25) is 0 Å². The minimum atomic E-state index is -0.0548. The van der Waals surface area contributed by atoms with Gasteiger partial charge in [0, 0.05) is 0 Å². The van der Waals surface area contributed by atoms with E-state index >= 15 is 0 Å². The minimum Gasteiger partial charge on any atom is -0.393 e. The topological polar surface area (TPSA) is 20.2 Å². The van der Waals surface area contributed by atoms with Crippen LogP contribution in [0.15, 0.2) is 24.3 Å². The molecule has 0 amide bonds. The standard InChI is InChI=1S/C13H16O/c1-8-10-4-2-3-5-11(10)13-7-9(14)6-12(8)13/h2-5,8-9,12-14H,6-7H2,1H3. The average molecular weight is 188 g/mol. The molecule has 0 spiro atoms. The van der Waals surface area contributed by atoms with Crippen LogP contribution in [0.1, 0.15) is 42.7 Å². The fourth-order valence-electron chi connectivity index (χ4n) is 3.45. The normalized spacial score (nSPS) is 39.6. The summed E-state index contributed by atoms with van der Waals surface area (Å²) in [5.41, 5.74) is 3.02. The highest BCUT2D eigenvalue weighted by Gasteiger charge is 2.43. The zero-order valence-electron chi connectivity index (χ0n) is 8.48. The first kappa shape index (κ1) is 8.49. The molecule has 1 heteroatoms. The number of hydrogen-bond donors (Lipinski definition) is 1. The van der Waals surface area contributed by atoms with Crippen LogP contribution >= 0.6 is 0 Å². The lowest BCUT2D eigenvalue weighted by Gasteiger charge is -2.13. The van der Waals surface area contributed by atoms with Crippen LogP contribution in [0.4, 0.5) is 0 Å². The van der Waals surface area contributed by atoms with Gasteiger partial charge in [-0.25, -0.2) is 0 Å². The van der Waals surface area contributed by atoms with Crippen molar-refractivity contribution in [1.29, 1.82) is 0 Å². The third-order valence-electron chi connectivity index (χ3n) is 4.12. The van der Waals surface area contributed by atoms with Crippen LogP contribution in [0.2, 0.25) is 0 Å². The molecule has 0 aromatic heterocycles. The van der Waals surface area contributed by atoms with Crippen molar-refractivity contribution < 1.29 is 5.11 Å². The van der Waals surface area contributed by atoms with E-state index < -0.39 is 0 Å². The summed E-state index contributed by atoms with van der Waals surface area (Å²) in [5, 5.41) is 9.68. The van der Waals surface area contributed by atoms with E-state index in [9.17, 15) is 5.11 Å². The van der Waals surface area contributed by atoms with Crippen LogP contribution in [0, 0.1) is 5.92 Å². The van der Waals surface area contributed by atoms with Crippen molar-refractivity contribution in [3.8, 4) is 0 Å². The Morgan fingerprint density at radius 1 is 1.14 bits per heavy atom. The van der Waals surface area contributed by atoms with E-state index in [-0.39, 0.29) is 6.10 Å². The van der Waals surface area contributed by atoms with Crippen molar-refractivity contribution in [3.05, 3.63) is 35.4 Å². The second kappa shape index (κ2) is 2.83. The van der Waals surface area contributed by atoms with Crippen LogP contribution in [0.5, 0.6) is 0 Å². The molecule has 2 aliphatic rings. The Morgan fingerprint density at radius 3 is 2.64 bits per heavy atom. The lowest BCUT2D eigenvalue weighted by Crippen LogP contribution is -2.05. The van der Waals surface area contributed by atoms with Gasteiger partial charge in [0.05, 0.1) is 6.10 Å². The fraction of sp³-hybridized carbons (Fsp3) is 0.538. The first-order valence-electron chi connectivity index (χ1n) is 5.54. The fourth-order valence-corrected chi connectivity index (χ4v) is 3.45. The van der Waals surface area contributed by atoms with Crippen molar-refractivity contribution in [2.45, 2.75) is 37.7 Å². The Labute approximate surface area is 84.8 Å². The number of aliphatic hydroxyl groups is 1. The van der Waals surface area contributed by atoms with E-state index in [1.54, 1.807) is 0 Å². The van der Waals surface area contributed by atoms with Crippen LogP contribution < -0.4 is 0 Å². The highest BCUT2D eigenvalue weighted by atomic mass is 16.3. The Balaban J connectivity index is 2.07. The lowest BCUT2D eigenvalue weighted by atomic mass is 9.91. The second-order valence-electron chi connectivity index (χ2n) is 4.81. The van der Waals surface area contributed by atoms with Gasteiger partial charge in [-0.1, -0.05) is 31.2 Å². The van der Waals surface area contributed by atoms with Crippen molar-refractivity contribution >= 4 is 0 Å². The number of fused-ring (bicyclic) bond motifs is 3. The molecule has 1 aromatic carbocycles. The average Bonchev–Trinajstić information content (AvgIpc) is 2.68. The summed E-state index contributed by atoms with van der Waals surface area (Å²) in [6.45, 7) is 2.31. The largest absolute Gasteiger partial charge is 0.393 e. The highest BCUT2D eigenvalue weighted by molar-refractivity contribution is 5.40. The monoisotopic (exact) mass is 188 g/mol. The first-order chi connectivity index (χ1) is 6.77. The molecule has 1 N–H and O–H groups in total. The molecular weight excluding hydrogens is 172 g/mol. The van der Waals surface area contributed by atoms with Gasteiger partial charge in [-0.3, -0.25) is 0 Å². The van der Waals surface area contributed by atoms with Crippen molar-refractivity contribution in [2.75, 3.05) is 0 Å². The van der Waals surface area contributed by atoms with Gasteiger partial charge in [-0.15, -0.1) is 0 Å². The maximum absolute atomic E-state index is 9.68. The van der Waals surface area contributed by atoms with Gasteiger partial charge in [0.15, 0.2) is 0 Å².